The van der Waals surface area contributed by atoms with Crippen molar-refractivity contribution < 1.29 is 19.3 Å². The number of hydrogen-bond donors (Lipinski definition) is 2. The zero-order chi connectivity index (χ0) is 10.9. The fourth-order valence-electron chi connectivity index (χ4n) is 1.05. The summed E-state index contributed by atoms with van der Waals surface area (Å²) in [5.74, 6) is 0. The lowest BCUT2D eigenvalue weighted by molar-refractivity contribution is 0.00164. The van der Waals surface area contributed by atoms with E-state index in [1.807, 2.05) is 0 Å². The minimum atomic E-state index is -1.84. The Labute approximate surface area is 84.9 Å². The van der Waals surface area contributed by atoms with Crippen LogP contribution in [0.3, 0.4) is 0 Å². The van der Waals surface area contributed by atoms with Crippen molar-refractivity contribution in [3.63, 3.8) is 0 Å². The van der Waals surface area contributed by atoms with Crippen LogP contribution < -0.4 is 0 Å². The molecule has 0 amide bonds. The number of alkyl halides is 1. The lowest BCUT2D eigenvalue weighted by Crippen LogP contribution is -2.32. The van der Waals surface area contributed by atoms with Crippen LogP contribution in [0.2, 0.25) is 0 Å². The van der Waals surface area contributed by atoms with Gasteiger partial charge in [-0.1, -0.05) is 13.3 Å². The Morgan fingerprint density at radius 1 is 1.14 bits per heavy atom. The molecule has 0 aromatic carbocycles. The van der Waals surface area contributed by atoms with Crippen molar-refractivity contribution >= 4 is 0 Å². The zero-order valence-electron chi connectivity index (χ0n) is 8.84. The molecule has 0 spiro atoms. The molecule has 0 unspecified atom stereocenters. The average molecular weight is 208 g/mol. The standard InChI is InChI=1S/C10H21FO3/c1-2-3-6-14-7-4-5-10(11,8-12)9-13/h12-13H,2-9H2,1H3. The van der Waals surface area contributed by atoms with E-state index >= 15 is 0 Å². The van der Waals surface area contributed by atoms with Crippen molar-refractivity contribution in [3.8, 4) is 0 Å². The van der Waals surface area contributed by atoms with Crippen molar-refractivity contribution in [2.24, 2.45) is 0 Å². The maximum absolute atomic E-state index is 13.3. The molecule has 0 saturated carbocycles. The van der Waals surface area contributed by atoms with E-state index in [2.05, 4.69) is 6.92 Å². The van der Waals surface area contributed by atoms with E-state index in [4.69, 9.17) is 14.9 Å². The van der Waals surface area contributed by atoms with Gasteiger partial charge in [0.25, 0.3) is 0 Å². The Hall–Kier alpha value is -0.190. The Morgan fingerprint density at radius 2 is 1.71 bits per heavy atom. The van der Waals surface area contributed by atoms with Gasteiger partial charge in [-0.2, -0.15) is 0 Å². The Morgan fingerprint density at radius 3 is 2.21 bits per heavy atom. The molecule has 0 aromatic rings. The molecule has 0 heterocycles. The van der Waals surface area contributed by atoms with E-state index in [0.29, 0.717) is 19.6 Å². The molecule has 0 aliphatic heterocycles. The molecule has 2 N–H and O–H groups in total. The summed E-state index contributed by atoms with van der Waals surface area (Å²) in [6.45, 7) is 2.02. The van der Waals surface area contributed by atoms with Gasteiger partial charge in [0, 0.05) is 13.2 Å². The number of hydrogen-bond acceptors (Lipinski definition) is 3. The first-order chi connectivity index (χ1) is 6.68. The first-order valence-electron chi connectivity index (χ1n) is 5.17. The van der Waals surface area contributed by atoms with Gasteiger partial charge in [0.1, 0.15) is 0 Å². The van der Waals surface area contributed by atoms with Gasteiger partial charge in [-0.15, -0.1) is 0 Å². The second-order valence-electron chi connectivity index (χ2n) is 3.54. The SMILES string of the molecule is CCCCOCCCC(F)(CO)CO. The summed E-state index contributed by atoms with van der Waals surface area (Å²) < 4.78 is 18.5. The van der Waals surface area contributed by atoms with E-state index in [1.54, 1.807) is 0 Å². The smallest absolute Gasteiger partial charge is 0.156 e. The van der Waals surface area contributed by atoms with Gasteiger partial charge in [0.15, 0.2) is 5.67 Å². The minimum Gasteiger partial charge on any atom is -0.393 e. The largest absolute Gasteiger partial charge is 0.393 e. The third-order valence-electron chi connectivity index (χ3n) is 2.12. The van der Waals surface area contributed by atoms with Gasteiger partial charge in [0.2, 0.25) is 0 Å². The first kappa shape index (κ1) is 13.8. The van der Waals surface area contributed by atoms with Gasteiger partial charge in [-0.25, -0.2) is 4.39 Å². The molecule has 0 aliphatic carbocycles. The molecule has 0 bridgehead atoms. The van der Waals surface area contributed by atoms with E-state index in [9.17, 15) is 4.39 Å². The fraction of sp³-hybridized carbons (Fsp3) is 1.00. The first-order valence-corrected chi connectivity index (χ1v) is 5.17. The molecule has 0 aromatic heterocycles. The number of unbranched alkanes of at least 4 members (excludes halogenated alkanes) is 1. The summed E-state index contributed by atoms with van der Waals surface area (Å²) >= 11 is 0. The monoisotopic (exact) mass is 208 g/mol. The molecule has 0 saturated heterocycles. The molecule has 0 atom stereocenters. The minimum absolute atomic E-state index is 0.145. The quantitative estimate of drug-likeness (QED) is 0.561. The van der Waals surface area contributed by atoms with Crippen molar-refractivity contribution in [1.29, 1.82) is 0 Å². The molecule has 0 radical (unpaired) electrons. The molecule has 0 rings (SSSR count). The van der Waals surface area contributed by atoms with Crippen LogP contribution in [0, 0.1) is 0 Å². The summed E-state index contributed by atoms with van der Waals surface area (Å²) in [4.78, 5) is 0. The van der Waals surface area contributed by atoms with Crippen LogP contribution in [0.1, 0.15) is 32.6 Å². The van der Waals surface area contributed by atoms with Crippen molar-refractivity contribution in [2.45, 2.75) is 38.3 Å². The predicted octanol–water partition coefficient (Wildman–Crippen LogP) is 1.28. The number of halogens is 1. The van der Waals surface area contributed by atoms with E-state index < -0.39 is 18.9 Å². The summed E-state index contributed by atoms with van der Waals surface area (Å²) in [5.41, 5.74) is -1.84. The summed E-state index contributed by atoms with van der Waals surface area (Å²) in [6.07, 6.45) is 2.77. The number of rotatable bonds is 9. The van der Waals surface area contributed by atoms with Gasteiger partial charge >= 0.3 is 0 Å². The molecule has 4 heteroatoms. The van der Waals surface area contributed by atoms with Crippen LogP contribution in [-0.4, -0.2) is 42.3 Å². The lowest BCUT2D eigenvalue weighted by atomic mass is 10.0. The number of ether oxygens (including phenoxy) is 1. The van der Waals surface area contributed by atoms with Gasteiger partial charge in [0.05, 0.1) is 13.2 Å². The Balaban J connectivity index is 3.34. The molecular weight excluding hydrogens is 187 g/mol. The molecule has 86 valence electrons. The van der Waals surface area contributed by atoms with E-state index in [1.165, 1.54) is 0 Å². The highest BCUT2D eigenvalue weighted by molar-refractivity contribution is 4.76. The fourth-order valence-corrected chi connectivity index (χ4v) is 1.05. The van der Waals surface area contributed by atoms with Crippen LogP contribution in [0.5, 0.6) is 0 Å². The van der Waals surface area contributed by atoms with Crippen LogP contribution in [0.15, 0.2) is 0 Å². The van der Waals surface area contributed by atoms with E-state index in [-0.39, 0.29) is 6.42 Å². The maximum atomic E-state index is 13.3. The van der Waals surface area contributed by atoms with Crippen LogP contribution in [0.25, 0.3) is 0 Å². The van der Waals surface area contributed by atoms with Crippen LogP contribution >= 0.6 is 0 Å². The highest BCUT2D eigenvalue weighted by Gasteiger charge is 2.26. The summed E-state index contributed by atoms with van der Waals surface area (Å²) in [7, 11) is 0. The number of aliphatic hydroxyl groups excluding tert-OH is 2. The average Bonchev–Trinajstić information content (AvgIpc) is 2.23. The summed E-state index contributed by atoms with van der Waals surface area (Å²) in [5, 5.41) is 17.3. The Kier molecular flexibility index (Phi) is 8.04. The van der Waals surface area contributed by atoms with Crippen LogP contribution in [-0.2, 0) is 4.74 Å². The predicted molar refractivity (Wildman–Crippen MR) is 53.0 cm³/mol. The topological polar surface area (TPSA) is 49.7 Å². The summed E-state index contributed by atoms with van der Waals surface area (Å²) in [6, 6.07) is 0. The Bertz CT molecular complexity index is 127. The third-order valence-corrected chi connectivity index (χ3v) is 2.12. The zero-order valence-corrected chi connectivity index (χ0v) is 8.84. The second-order valence-corrected chi connectivity index (χ2v) is 3.54. The van der Waals surface area contributed by atoms with Crippen molar-refractivity contribution in [1.82, 2.24) is 0 Å². The third kappa shape index (κ3) is 6.29. The molecule has 0 aliphatic rings. The number of aliphatic hydroxyl groups is 2. The van der Waals surface area contributed by atoms with Gasteiger partial charge in [-0.05, 0) is 19.3 Å². The van der Waals surface area contributed by atoms with Crippen molar-refractivity contribution in [3.05, 3.63) is 0 Å². The van der Waals surface area contributed by atoms with E-state index in [0.717, 1.165) is 12.8 Å². The maximum Gasteiger partial charge on any atom is 0.156 e. The molecule has 14 heavy (non-hydrogen) atoms. The lowest BCUT2D eigenvalue weighted by Gasteiger charge is -2.19. The highest BCUT2D eigenvalue weighted by Crippen LogP contribution is 2.16. The van der Waals surface area contributed by atoms with Crippen molar-refractivity contribution in [2.75, 3.05) is 26.4 Å². The second kappa shape index (κ2) is 8.15. The molecule has 3 nitrogen and oxygen atoms in total. The molecular formula is C10H21FO3. The van der Waals surface area contributed by atoms with Crippen LogP contribution in [0.4, 0.5) is 4.39 Å². The van der Waals surface area contributed by atoms with Gasteiger partial charge < -0.3 is 14.9 Å². The van der Waals surface area contributed by atoms with Gasteiger partial charge in [-0.3, -0.25) is 0 Å². The normalized spacial score (nSPS) is 12.0. The highest BCUT2D eigenvalue weighted by atomic mass is 19.1. The molecule has 0 fully saturated rings.